The standard InChI is InChI=1S/C40H72O4.2C4H9.Sn/c1-3-5-7-9-11-13-15-17-19-21-23-25-27-29-31-33-37-43-39(41)35-36-40(42)44-38-34-32-30-28-26-24-22-20-18-16-14-12-10-8-6-4-2;2*1-3-4-2;/h17-20,35-36H,3-16,21-34,37-38H2,1-2H3;2*1,3-4H2,2H3;/b19-17-,20-18-,36-35-;;;. The molecular weight excluding hydrogens is 759 g/mol. The quantitative estimate of drug-likeness (QED) is 0.0203. The Hall–Kier alpha value is -1.04. The number of rotatable bonds is 40. The summed E-state index contributed by atoms with van der Waals surface area (Å²) in [7, 11) is 0. The molecule has 0 rings (SSSR count). The first-order chi connectivity index (χ1) is 26.1. The summed E-state index contributed by atoms with van der Waals surface area (Å²) in [5.74, 6) is -0.932. The molecule has 2 radical (unpaired) electrons. The third kappa shape index (κ3) is 53.1. The van der Waals surface area contributed by atoms with E-state index in [-0.39, 0.29) is 21.1 Å². The molecule has 0 amide bonds. The topological polar surface area (TPSA) is 52.6 Å². The monoisotopic (exact) mass is 851 g/mol. The van der Waals surface area contributed by atoms with Crippen molar-refractivity contribution in [1.29, 1.82) is 0 Å². The molecule has 0 spiro atoms. The minimum atomic E-state index is -0.466. The third-order valence-electron chi connectivity index (χ3n) is 9.57. The van der Waals surface area contributed by atoms with Gasteiger partial charge < -0.3 is 9.47 Å². The molecule has 310 valence electrons. The Labute approximate surface area is 342 Å². The summed E-state index contributed by atoms with van der Waals surface area (Å²) in [5.41, 5.74) is 0. The van der Waals surface area contributed by atoms with Gasteiger partial charge in [-0.25, -0.2) is 9.59 Å². The Morgan fingerprint density at radius 3 is 0.925 bits per heavy atom. The van der Waals surface area contributed by atoms with Crippen LogP contribution in [0, 0.1) is 0 Å². The van der Waals surface area contributed by atoms with Crippen molar-refractivity contribution in [1.82, 2.24) is 0 Å². The zero-order valence-corrected chi connectivity index (χ0v) is 38.9. The van der Waals surface area contributed by atoms with Gasteiger partial charge in [0.2, 0.25) is 0 Å². The summed E-state index contributed by atoms with van der Waals surface area (Å²) in [6.07, 6.45) is 52.7. The number of esters is 2. The molecule has 4 nitrogen and oxygen atoms in total. The van der Waals surface area contributed by atoms with E-state index in [1.807, 2.05) is 0 Å². The number of carbonyl (C=O) groups is 2. The van der Waals surface area contributed by atoms with Crippen LogP contribution in [0.1, 0.15) is 233 Å². The predicted molar refractivity (Wildman–Crippen MR) is 235 cm³/mol. The number of hydrogen-bond donors (Lipinski definition) is 0. The number of carbonyl (C=O) groups excluding carboxylic acids is 2. The van der Waals surface area contributed by atoms with E-state index in [0.717, 1.165) is 25.7 Å². The van der Waals surface area contributed by atoms with Crippen molar-refractivity contribution in [2.24, 2.45) is 0 Å². The predicted octanol–water partition coefficient (Wildman–Crippen LogP) is 15.8. The van der Waals surface area contributed by atoms with Gasteiger partial charge >= 0.3 is 81.5 Å². The van der Waals surface area contributed by atoms with E-state index in [2.05, 4.69) is 52.0 Å². The molecule has 5 heteroatoms. The Morgan fingerprint density at radius 2 is 0.623 bits per heavy atom. The molecule has 0 aromatic heterocycles. The summed E-state index contributed by atoms with van der Waals surface area (Å²) in [5, 5.41) is 0. The molecule has 0 saturated heterocycles. The Bertz CT molecular complexity index is 741. The second-order valence-corrected chi connectivity index (χ2v) is 19.3. The molecule has 0 aliphatic carbocycles. The fourth-order valence-electron chi connectivity index (χ4n) is 6.01. The van der Waals surface area contributed by atoms with Gasteiger partial charge in [-0.1, -0.05) is 154 Å². The molecule has 0 unspecified atom stereocenters. The first-order valence-corrected chi connectivity index (χ1v) is 27.2. The van der Waals surface area contributed by atoms with Crippen LogP contribution < -0.4 is 0 Å². The maximum absolute atomic E-state index is 11.8. The molecule has 0 aromatic rings. The Morgan fingerprint density at radius 1 is 0.358 bits per heavy atom. The third-order valence-corrected chi connectivity index (χ3v) is 13.6. The number of hydrogen-bond acceptors (Lipinski definition) is 4. The van der Waals surface area contributed by atoms with Gasteiger partial charge in [-0.15, -0.1) is 0 Å². The van der Waals surface area contributed by atoms with Crippen molar-refractivity contribution in [2.45, 2.75) is 242 Å². The second kappa shape index (κ2) is 51.0. The number of unbranched alkanes of at least 4 members (excludes halogenated alkanes) is 26. The van der Waals surface area contributed by atoms with Crippen LogP contribution in [0.15, 0.2) is 36.5 Å². The SMILES string of the molecule is CCCCCCCC/C=C\CCCCCCCCOC(=O)/C=C\C(=O)OCCCCCCCC/C=C\CCCCCCCC.CCC[CH2][Sn][CH2]CCC. The van der Waals surface area contributed by atoms with Crippen molar-refractivity contribution in [3.63, 3.8) is 0 Å². The van der Waals surface area contributed by atoms with Crippen LogP contribution >= 0.6 is 0 Å². The molecule has 0 atom stereocenters. The molecule has 0 aliphatic rings. The van der Waals surface area contributed by atoms with E-state index >= 15 is 0 Å². The van der Waals surface area contributed by atoms with Crippen molar-refractivity contribution in [2.75, 3.05) is 13.2 Å². The van der Waals surface area contributed by atoms with E-state index in [1.165, 1.54) is 192 Å². The fourth-order valence-corrected chi connectivity index (χ4v) is 10.2. The number of ether oxygens (including phenoxy) is 2. The fraction of sp³-hybridized carbons (Fsp3) is 0.833. The van der Waals surface area contributed by atoms with E-state index in [9.17, 15) is 9.59 Å². The molecule has 0 aliphatic heterocycles. The molecule has 0 heterocycles. The molecular formula is C48H90O4Sn. The van der Waals surface area contributed by atoms with Crippen molar-refractivity contribution < 1.29 is 19.1 Å². The van der Waals surface area contributed by atoms with Gasteiger partial charge in [0, 0.05) is 12.2 Å². The summed E-state index contributed by atoms with van der Waals surface area (Å²) in [6, 6.07) is 0. The van der Waals surface area contributed by atoms with E-state index in [0.29, 0.717) is 13.2 Å². The summed E-state index contributed by atoms with van der Waals surface area (Å²) >= 11 is 0.149. The van der Waals surface area contributed by atoms with Gasteiger partial charge in [-0.2, -0.15) is 0 Å². The number of allylic oxidation sites excluding steroid dienone is 4. The van der Waals surface area contributed by atoms with Crippen molar-refractivity contribution >= 4 is 33.1 Å². The van der Waals surface area contributed by atoms with Gasteiger partial charge in [0.25, 0.3) is 0 Å². The van der Waals surface area contributed by atoms with Gasteiger partial charge in [0.15, 0.2) is 0 Å². The summed E-state index contributed by atoms with van der Waals surface area (Å²) < 4.78 is 13.7. The Balaban J connectivity index is 0. The molecule has 0 bridgehead atoms. The van der Waals surface area contributed by atoms with Crippen LogP contribution in [0.2, 0.25) is 8.87 Å². The second-order valence-electron chi connectivity index (χ2n) is 15.0. The Kier molecular flexibility index (Phi) is 52.0. The zero-order chi connectivity index (χ0) is 39.0. The van der Waals surface area contributed by atoms with E-state index in [4.69, 9.17) is 9.47 Å². The molecule has 0 saturated carbocycles. The normalized spacial score (nSPS) is 11.5. The average molecular weight is 850 g/mol. The minimum absolute atomic E-state index is 0.149. The van der Waals surface area contributed by atoms with Crippen LogP contribution in [0.3, 0.4) is 0 Å². The first kappa shape index (κ1) is 54.1. The van der Waals surface area contributed by atoms with Crippen molar-refractivity contribution in [3.05, 3.63) is 36.5 Å². The van der Waals surface area contributed by atoms with Crippen LogP contribution in [-0.4, -0.2) is 46.3 Å². The van der Waals surface area contributed by atoms with Crippen LogP contribution in [0.4, 0.5) is 0 Å². The zero-order valence-electron chi connectivity index (χ0n) is 36.1. The summed E-state index contributed by atoms with van der Waals surface area (Å²) in [4.78, 5) is 23.6. The van der Waals surface area contributed by atoms with Gasteiger partial charge in [0.05, 0.1) is 13.2 Å². The van der Waals surface area contributed by atoms with E-state index < -0.39 is 11.9 Å². The molecule has 0 aromatic carbocycles. The van der Waals surface area contributed by atoms with Gasteiger partial charge in [-0.3, -0.25) is 0 Å². The molecule has 0 N–H and O–H groups in total. The van der Waals surface area contributed by atoms with Crippen LogP contribution in [0.25, 0.3) is 0 Å². The molecule has 0 fully saturated rings. The van der Waals surface area contributed by atoms with Crippen LogP contribution in [0.5, 0.6) is 0 Å². The molecule has 53 heavy (non-hydrogen) atoms. The van der Waals surface area contributed by atoms with Crippen LogP contribution in [-0.2, 0) is 19.1 Å². The van der Waals surface area contributed by atoms with E-state index in [1.54, 1.807) is 8.87 Å². The maximum atomic E-state index is 11.8. The first-order valence-electron chi connectivity index (χ1n) is 23.1. The average Bonchev–Trinajstić information content (AvgIpc) is 3.16. The van der Waals surface area contributed by atoms with Crippen molar-refractivity contribution in [3.8, 4) is 0 Å². The van der Waals surface area contributed by atoms with Gasteiger partial charge in [-0.05, 0) is 64.2 Å². The summed E-state index contributed by atoms with van der Waals surface area (Å²) in [6.45, 7) is 9.94. The van der Waals surface area contributed by atoms with Gasteiger partial charge in [0.1, 0.15) is 0 Å².